The van der Waals surface area contributed by atoms with Crippen LogP contribution in [-0.4, -0.2) is 41.0 Å². The van der Waals surface area contributed by atoms with E-state index in [9.17, 15) is 34.2 Å². The summed E-state index contributed by atoms with van der Waals surface area (Å²) in [7, 11) is 0. The minimum Gasteiger partial charge on any atom is -0.545 e. The average Bonchev–Trinajstić information content (AvgIpc) is 2.93. The molecular formula is C27H18N6Na2O7. The minimum absolute atomic E-state index is 0. The Morgan fingerprint density at radius 3 is 1.21 bits per heavy atom. The molecule has 2 aliphatic rings. The number of hydrogen-bond acceptors (Lipinski definition) is 11. The van der Waals surface area contributed by atoms with E-state index in [0.29, 0.717) is 22.7 Å². The number of carboxylic acids is 2. The number of carbonyl (C=O) groups is 5. The maximum Gasteiger partial charge on any atom is 1.00 e. The topological polar surface area (TPSA) is 204 Å². The maximum absolute atomic E-state index is 12.4. The van der Waals surface area contributed by atoms with Gasteiger partial charge >= 0.3 is 65.1 Å². The summed E-state index contributed by atoms with van der Waals surface area (Å²) in [5.41, 5.74) is 6.96. The summed E-state index contributed by atoms with van der Waals surface area (Å²) in [6.07, 6.45) is 7.10. The zero-order valence-electron chi connectivity index (χ0n) is 22.3. The first-order valence-electron chi connectivity index (χ1n) is 11.4. The molecule has 0 fully saturated rings. The van der Waals surface area contributed by atoms with Crippen LogP contribution in [0.15, 0.2) is 106 Å². The summed E-state index contributed by atoms with van der Waals surface area (Å²) in [5, 5.41) is 35.3. The molecular weight excluding hydrogens is 566 g/mol. The Kier molecular flexibility index (Phi) is 12.8. The number of carbonyl (C=O) groups excluding carboxylic acids is 5. The van der Waals surface area contributed by atoms with E-state index in [2.05, 4.69) is 31.7 Å². The Bertz CT molecular complexity index is 1470. The fourth-order valence-electron chi connectivity index (χ4n) is 3.30. The Hall–Kier alpha value is -4.11. The van der Waals surface area contributed by atoms with E-state index in [1.165, 1.54) is 12.2 Å². The van der Waals surface area contributed by atoms with Gasteiger partial charge in [0.1, 0.15) is 0 Å². The van der Waals surface area contributed by atoms with Crippen molar-refractivity contribution in [2.45, 2.75) is 0 Å². The Morgan fingerprint density at radius 1 is 0.548 bits per heavy atom. The van der Waals surface area contributed by atoms with E-state index in [1.54, 1.807) is 48.5 Å². The second-order valence-corrected chi connectivity index (χ2v) is 8.12. The molecule has 15 heteroatoms. The average molecular weight is 584 g/mol. The van der Waals surface area contributed by atoms with Gasteiger partial charge in [0.25, 0.3) is 0 Å². The Labute approximate surface area is 282 Å². The van der Waals surface area contributed by atoms with E-state index in [0.717, 1.165) is 24.3 Å². The van der Waals surface area contributed by atoms with E-state index in [4.69, 9.17) is 0 Å². The fourth-order valence-corrected chi connectivity index (χ4v) is 3.30. The second-order valence-electron chi connectivity index (χ2n) is 8.12. The van der Waals surface area contributed by atoms with Crippen LogP contribution in [0.3, 0.4) is 0 Å². The first-order chi connectivity index (χ1) is 19.2. The number of benzene rings is 2. The zero-order chi connectivity index (χ0) is 28.6. The monoisotopic (exact) mass is 584 g/mol. The molecule has 2 aromatic carbocycles. The normalized spacial score (nSPS) is 15.5. The molecule has 0 unspecified atom stereocenters. The van der Waals surface area contributed by atoms with Crippen LogP contribution in [0.4, 0.5) is 27.5 Å². The van der Waals surface area contributed by atoms with Gasteiger partial charge in [-0.25, -0.2) is 4.79 Å². The van der Waals surface area contributed by atoms with E-state index in [1.807, 2.05) is 0 Å². The SMILES string of the molecule is O=C(Nc1ccc(N/N=C2/C=CC(=O)C(C(=O)[O-])=C2)cc1)Nc1ccc(N/N=C2\C=CC(=O)C(C(=O)[O-])=C2)cc1.[Na+].[Na+]. The van der Waals surface area contributed by atoms with Gasteiger partial charge in [0, 0.05) is 22.5 Å². The van der Waals surface area contributed by atoms with Crippen molar-refractivity contribution in [2.24, 2.45) is 10.2 Å². The number of hydrogen-bond donors (Lipinski definition) is 4. The number of urea groups is 1. The molecule has 42 heavy (non-hydrogen) atoms. The summed E-state index contributed by atoms with van der Waals surface area (Å²) < 4.78 is 0. The van der Waals surface area contributed by atoms with Crippen LogP contribution < -0.4 is 90.8 Å². The van der Waals surface area contributed by atoms with Gasteiger partial charge in [-0.15, -0.1) is 0 Å². The summed E-state index contributed by atoms with van der Waals surface area (Å²) in [6, 6.07) is 12.5. The third kappa shape index (κ3) is 9.48. The summed E-state index contributed by atoms with van der Waals surface area (Å²) in [5.74, 6) is -4.51. The van der Waals surface area contributed by atoms with E-state index >= 15 is 0 Å². The van der Waals surface area contributed by atoms with Crippen LogP contribution >= 0.6 is 0 Å². The Morgan fingerprint density at radius 2 is 0.881 bits per heavy atom. The number of hydrazone groups is 2. The quantitative estimate of drug-likeness (QED) is 0.101. The van der Waals surface area contributed by atoms with Crippen molar-refractivity contribution < 1.29 is 93.3 Å². The molecule has 0 saturated carbocycles. The van der Waals surface area contributed by atoms with Gasteiger partial charge in [-0.3, -0.25) is 20.4 Å². The molecule has 0 aromatic heterocycles. The van der Waals surface area contributed by atoms with Crippen molar-refractivity contribution in [1.82, 2.24) is 0 Å². The van der Waals surface area contributed by atoms with Crippen LogP contribution in [0.2, 0.25) is 0 Å². The molecule has 2 aromatic rings. The van der Waals surface area contributed by atoms with Gasteiger partial charge in [-0.1, -0.05) is 0 Å². The molecule has 0 bridgehead atoms. The smallest absolute Gasteiger partial charge is 0.545 e. The number of nitrogens with zero attached hydrogens (tertiary/aromatic N) is 2. The van der Waals surface area contributed by atoms with Crippen molar-refractivity contribution >= 4 is 63.7 Å². The molecule has 0 saturated heterocycles. The third-order valence-electron chi connectivity index (χ3n) is 5.28. The van der Waals surface area contributed by atoms with Crippen LogP contribution in [0, 0.1) is 0 Å². The summed E-state index contributed by atoms with van der Waals surface area (Å²) in [4.78, 5) is 57.3. The van der Waals surface area contributed by atoms with Gasteiger partial charge < -0.3 is 30.4 Å². The zero-order valence-corrected chi connectivity index (χ0v) is 26.3. The van der Waals surface area contributed by atoms with Gasteiger partial charge in [0.2, 0.25) is 0 Å². The van der Waals surface area contributed by atoms with Crippen LogP contribution in [-0.2, 0) is 19.2 Å². The standard InChI is InChI=1S/C27H20N6O7.2Na/c34-23-11-9-19(13-21(23)25(36)37)32-30-17-5-1-15(2-6-17)28-27(40)29-16-3-7-18(8-4-16)31-33-20-10-12-24(35)22(14-20)26(38)39;;/h1-14,30-31H,(H,36,37)(H,38,39)(H2,28,29,40);;/q;2*+1/p-2/b32-19-,33-20+;;. The number of carboxylic acid groups (broad SMARTS) is 2. The van der Waals surface area contributed by atoms with Gasteiger partial charge in [-0.2, -0.15) is 10.2 Å². The fraction of sp³-hybridized carbons (Fsp3) is 0. The molecule has 0 aliphatic heterocycles. The molecule has 0 radical (unpaired) electrons. The van der Waals surface area contributed by atoms with E-state index < -0.39 is 40.7 Å². The molecule has 0 heterocycles. The number of nitrogens with one attached hydrogen (secondary N) is 4. The van der Waals surface area contributed by atoms with Crippen molar-refractivity contribution in [3.8, 4) is 0 Å². The number of rotatable bonds is 8. The van der Waals surface area contributed by atoms with Gasteiger partial charge in [0.05, 0.1) is 34.7 Å². The first-order valence-corrected chi connectivity index (χ1v) is 11.4. The second kappa shape index (κ2) is 15.8. The number of ketones is 2. The predicted octanol–water partition coefficient (Wildman–Crippen LogP) is -5.50. The van der Waals surface area contributed by atoms with Gasteiger partial charge in [-0.05, 0) is 85.0 Å². The molecule has 4 rings (SSSR count). The predicted molar refractivity (Wildman–Crippen MR) is 142 cm³/mol. The number of amides is 2. The summed E-state index contributed by atoms with van der Waals surface area (Å²) >= 11 is 0. The molecule has 0 atom stereocenters. The Balaban J connectivity index is 0.00000308. The molecule has 200 valence electrons. The van der Waals surface area contributed by atoms with Crippen LogP contribution in [0.1, 0.15) is 0 Å². The first kappa shape index (κ1) is 34.1. The van der Waals surface area contributed by atoms with E-state index in [-0.39, 0.29) is 70.5 Å². The van der Waals surface area contributed by atoms with Gasteiger partial charge in [0.15, 0.2) is 11.6 Å². The van der Waals surface area contributed by atoms with Crippen molar-refractivity contribution in [3.05, 3.63) is 96.1 Å². The largest absolute Gasteiger partial charge is 1.00 e. The van der Waals surface area contributed by atoms with Crippen molar-refractivity contribution in [1.29, 1.82) is 0 Å². The van der Waals surface area contributed by atoms with Crippen LogP contribution in [0.5, 0.6) is 0 Å². The molecule has 2 amide bonds. The summed E-state index contributed by atoms with van der Waals surface area (Å²) in [6.45, 7) is 0. The molecule has 4 N–H and O–H groups in total. The molecule has 2 aliphatic carbocycles. The number of anilines is 4. The molecule has 13 nitrogen and oxygen atoms in total. The number of aliphatic carboxylic acids is 2. The number of allylic oxidation sites excluding steroid dienone is 6. The van der Waals surface area contributed by atoms with Crippen molar-refractivity contribution in [2.75, 3.05) is 21.5 Å². The third-order valence-corrected chi connectivity index (χ3v) is 5.28. The maximum atomic E-state index is 12.4. The minimum atomic E-state index is -1.58. The van der Waals surface area contributed by atoms with Crippen LogP contribution in [0.25, 0.3) is 0 Å². The molecule has 0 spiro atoms. The van der Waals surface area contributed by atoms with Crippen molar-refractivity contribution in [3.63, 3.8) is 0 Å².